The van der Waals surface area contributed by atoms with Gasteiger partial charge in [-0.1, -0.05) is 71.1 Å². The quantitative estimate of drug-likeness (QED) is 0.263. The summed E-state index contributed by atoms with van der Waals surface area (Å²) in [7, 11) is 0. The smallest absolute Gasteiger partial charge is 0.240 e. The Balaban J connectivity index is 1.44. The van der Waals surface area contributed by atoms with Crippen LogP contribution < -0.4 is 14.9 Å². The fraction of sp³-hybridized carbons (Fsp3) is 0.636. The monoisotopic (exact) mass is 374 g/mol. The molecular weight excluding hydrogens is 340 g/mol. The Bertz CT molecular complexity index is 587. The normalized spacial score (nSPS) is 12.6. The molecule has 150 valence electrons. The van der Waals surface area contributed by atoms with E-state index in [1.54, 1.807) is 6.21 Å². The lowest BCUT2D eigenvalue weighted by atomic mass is 10.1. The molecule has 1 N–H and O–H groups in total. The molecule has 0 aliphatic carbocycles. The van der Waals surface area contributed by atoms with Gasteiger partial charge in [-0.15, -0.1) is 0 Å². The molecule has 1 aromatic rings. The fourth-order valence-corrected chi connectivity index (χ4v) is 3.18. The number of unbranched alkanes of at least 4 members (excludes halogenated alkanes) is 10. The summed E-state index contributed by atoms with van der Waals surface area (Å²) in [6.45, 7) is 2.51. The van der Waals surface area contributed by atoms with Crippen LogP contribution in [0.3, 0.4) is 0 Å². The van der Waals surface area contributed by atoms with E-state index in [0.29, 0.717) is 12.2 Å². The molecule has 0 aromatic heterocycles. The average molecular weight is 375 g/mol. The number of amides is 1. The van der Waals surface area contributed by atoms with Gasteiger partial charge in [0.25, 0.3) is 0 Å². The summed E-state index contributed by atoms with van der Waals surface area (Å²) < 4.78 is 10.6. The number of ether oxygens (including phenoxy) is 2. The number of benzene rings is 1. The summed E-state index contributed by atoms with van der Waals surface area (Å²) in [6, 6.07) is 5.57. The predicted octanol–water partition coefficient (Wildman–Crippen LogP) is 5.57. The van der Waals surface area contributed by atoms with Crippen molar-refractivity contribution in [2.75, 3.05) is 6.79 Å². The maximum atomic E-state index is 11.8. The predicted molar refractivity (Wildman–Crippen MR) is 109 cm³/mol. The highest BCUT2D eigenvalue weighted by Crippen LogP contribution is 2.31. The van der Waals surface area contributed by atoms with Gasteiger partial charge in [0.05, 0.1) is 6.21 Å². The van der Waals surface area contributed by atoms with Crippen LogP contribution in [0.4, 0.5) is 0 Å². The third kappa shape index (κ3) is 8.94. The summed E-state index contributed by atoms with van der Waals surface area (Å²) in [5.74, 6) is 1.43. The van der Waals surface area contributed by atoms with Crippen LogP contribution in [-0.4, -0.2) is 18.9 Å². The van der Waals surface area contributed by atoms with Gasteiger partial charge in [-0.05, 0) is 30.2 Å². The van der Waals surface area contributed by atoms with Gasteiger partial charge in [0.15, 0.2) is 11.5 Å². The van der Waals surface area contributed by atoms with E-state index in [0.717, 1.165) is 24.2 Å². The van der Waals surface area contributed by atoms with Crippen molar-refractivity contribution in [2.24, 2.45) is 5.10 Å². The largest absolute Gasteiger partial charge is 0.454 e. The van der Waals surface area contributed by atoms with E-state index in [1.807, 2.05) is 18.2 Å². The van der Waals surface area contributed by atoms with Gasteiger partial charge in [0.1, 0.15) is 0 Å². The first kappa shape index (κ1) is 21.3. The first-order valence-corrected chi connectivity index (χ1v) is 10.5. The number of hydrogen-bond donors (Lipinski definition) is 1. The van der Waals surface area contributed by atoms with Gasteiger partial charge in [-0.25, -0.2) is 5.43 Å². The van der Waals surface area contributed by atoms with Crippen LogP contribution in [0.2, 0.25) is 0 Å². The molecule has 0 spiro atoms. The first-order valence-electron chi connectivity index (χ1n) is 10.5. The fourth-order valence-electron chi connectivity index (χ4n) is 3.18. The third-order valence-corrected chi connectivity index (χ3v) is 4.81. The molecule has 2 rings (SSSR count). The second kappa shape index (κ2) is 13.2. The van der Waals surface area contributed by atoms with E-state index in [4.69, 9.17) is 9.47 Å². The Morgan fingerprint density at radius 3 is 2.30 bits per heavy atom. The Morgan fingerprint density at radius 2 is 1.59 bits per heavy atom. The van der Waals surface area contributed by atoms with Crippen LogP contribution in [0.1, 0.15) is 89.5 Å². The highest BCUT2D eigenvalue weighted by Gasteiger charge is 2.12. The number of carbonyl (C=O) groups is 1. The highest BCUT2D eigenvalue weighted by atomic mass is 16.7. The molecule has 1 amide bonds. The SMILES string of the molecule is CCCCCCCCCCCCCC(=O)NN=Cc1ccc2c(c1)OCO2. The standard InChI is InChI=1S/C22H34N2O3/c1-2-3-4-5-6-7-8-9-10-11-12-13-22(25)24-23-17-19-14-15-20-21(16-19)27-18-26-20/h14-17H,2-13,18H2,1H3,(H,24,25). The summed E-state index contributed by atoms with van der Waals surface area (Å²) in [5.41, 5.74) is 3.46. The van der Waals surface area contributed by atoms with Crippen molar-refractivity contribution in [1.82, 2.24) is 5.43 Å². The van der Waals surface area contributed by atoms with Crippen molar-refractivity contribution in [1.29, 1.82) is 0 Å². The minimum atomic E-state index is -0.0251. The van der Waals surface area contributed by atoms with Crippen LogP contribution >= 0.6 is 0 Å². The number of fused-ring (bicyclic) bond motifs is 1. The van der Waals surface area contributed by atoms with Crippen molar-refractivity contribution in [3.8, 4) is 11.5 Å². The molecular formula is C22H34N2O3. The lowest BCUT2D eigenvalue weighted by molar-refractivity contribution is -0.121. The van der Waals surface area contributed by atoms with Gasteiger partial charge >= 0.3 is 0 Å². The number of carbonyl (C=O) groups excluding carboxylic acids is 1. The van der Waals surface area contributed by atoms with Gasteiger partial charge in [-0.3, -0.25) is 4.79 Å². The second-order valence-electron chi connectivity index (χ2n) is 7.19. The van der Waals surface area contributed by atoms with Crippen LogP contribution in [0, 0.1) is 0 Å². The first-order chi connectivity index (χ1) is 13.3. The van der Waals surface area contributed by atoms with Crippen molar-refractivity contribution in [3.63, 3.8) is 0 Å². The Labute approximate surface area is 163 Å². The highest BCUT2D eigenvalue weighted by molar-refractivity contribution is 5.83. The Kier molecular flexibility index (Phi) is 10.4. The minimum Gasteiger partial charge on any atom is -0.454 e. The summed E-state index contributed by atoms with van der Waals surface area (Å²) in [4.78, 5) is 11.8. The van der Waals surface area contributed by atoms with Gasteiger partial charge in [0.2, 0.25) is 12.7 Å². The number of hydrogen-bond acceptors (Lipinski definition) is 4. The number of nitrogens with one attached hydrogen (secondary N) is 1. The van der Waals surface area contributed by atoms with E-state index in [1.165, 1.54) is 57.8 Å². The molecule has 0 bridgehead atoms. The van der Waals surface area contributed by atoms with Crippen molar-refractivity contribution >= 4 is 12.1 Å². The summed E-state index contributed by atoms with van der Waals surface area (Å²) in [6.07, 6.45) is 16.3. The third-order valence-electron chi connectivity index (χ3n) is 4.81. The lowest BCUT2D eigenvalue weighted by Gasteiger charge is -2.03. The van der Waals surface area contributed by atoms with E-state index < -0.39 is 0 Å². The van der Waals surface area contributed by atoms with Crippen LogP contribution in [0.15, 0.2) is 23.3 Å². The number of nitrogens with zero attached hydrogens (tertiary/aromatic N) is 1. The zero-order valence-corrected chi connectivity index (χ0v) is 16.7. The van der Waals surface area contributed by atoms with Crippen LogP contribution in [0.5, 0.6) is 11.5 Å². The zero-order valence-electron chi connectivity index (χ0n) is 16.7. The Hall–Kier alpha value is -2.04. The summed E-state index contributed by atoms with van der Waals surface area (Å²) >= 11 is 0. The molecule has 1 aliphatic heterocycles. The topological polar surface area (TPSA) is 59.9 Å². The van der Waals surface area contributed by atoms with Crippen molar-refractivity contribution in [2.45, 2.75) is 84.0 Å². The number of rotatable bonds is 14. The molecule has 1 aromatic carbocycles. The van der Waals surface area contributed by atoms with E-state index in [-0.39, 0.29) is 12.7 Å². The maximum absolute atomic E-state index is 11.8. The maximum Gasteiger partial charge on any atom is 0.240 e. The molecule has 0 fully saturated rings. The van der Waals surface area contributed by atoms with E-state index in [2.05, 4.69) is 17.5 Å². The lowest BCUT2D eigenvalue weighted by Crippen LogP contribution is -2.16. The van der Waals surface area contributed by atoms with Gasteiger partial charge in [0, 0.05) is 6.42 Å². The molecule has 1 heterocycles. The van der Waals surface area contributed by atoms with Crippen LogP contribution in [-0.2, 0) is 4.79 Å². The van der Waals surface area contributed by atoms with Crippen LogP contribution in [0.25, 0.3) is 0 Å². The summed E-state index contributed by atoms with van der Waals surface area (Å²) in [5, 5.41) is 4.02. The molecule has 0 saturated heterocycles. The molecule has 0 radical (unpaired) electrons. The molecule has 0 atom stereocenters. The molecule has 0 saturated carbocycles. The Morgan fingerprint density at radius 1 is 0.963 bits per heavy atom. The molecule has 1 aliphatic rings. The zero-order chi connectivity index (χ0) is 19.2. The van der Waals surface area contributed by atoms with Gasteiger partial charge in [-0.2, -0.15) is 5.10 Å². The van der Waals surface area contributed by atoms with Crippen molar-refractivity contribution in [3.05, 3.63) is 23.8 Å². The number of hydrazone groups is 1. The minimum absolute atomic E-state index is 0.0251. The van der Waals surface area contributed by atoms with Gasteiger partial charge < -0.3 is 9.47 Å². The van der Waals surface area contributed by atoms with E-state index >= 15 is 0 Å². The molecule has 27 heavy (non-hydrogen) atoms. The van der Waals surface area contributed by atoms with E-state index in [9.17, 15) is 4.79 Å². The molecule has 5 heteroatoms. The van der Waals surface area contributed by atoms with Crippen molar-refractivity contribution < 1.29 is 14.3 Å². The second-order valence-corrected chi connectivity index (χ2v) is 7.19. The molecule has 0 unspecified atom stereocenters. The molecule has 5 nitrogen and oxygen atoms in total. The average Bonchev–Trinajstić information content (AvgIpc) is 3.14.